The van der Waals surface area contributed by atoms with Crippen LogP contribution in [0.5, 0.6) is 0 Å². The summed E-state index contributed by atoms with van der Waals surface area (Å²) in [7, 11) is 0. The molecule has 0 N–H and O–H groups in total. The van der Waals surface area contributed by atoms with Crippen molar-refractivity contribution >= 4 is 29.3 Å². The summed E-state index contributed by atoms with van der Waals surface area (Å²) in [6, 6.07) is 7.79. The van der Waals surface area contributed by atoms with E-state index in [-0.39, 0.29) is 18.1 Å². The van der Waals surface area contributed by atoms with Crippen LogP contribution in [0.2, 0.25) is 0 Å². The van der Waals surface area contributed by atoms with Gasteiger partial charge in [-0.2, -0.15) is 0 Å². The van der Waals surface area contributed by atoms with Gasteiger partial charge in [0.15, 0.2) is 0 Å². The van der Waals surface area contributed by atoms with Gasteiger partial charge in [0.1, 0.15) is 0 Å². The number of carbonyl (C=O) groups is 1. The third-order valence-corrected chi connectivity index (χ3v) is 4.42. The minimum atomic E-state index is -0.0664. The van der Waals surface area contributed by atoms with Crippen LogP contribution in [0, 0.1) is 0 Å². The fourth-order valence-electron chi connectivity index (χ4n) is 2.17. The maximum Gasteiger partial charge on any atom is 0.255 e. The number of amides is 1. The highest BCUT2D eigenvalue weighted by Crippen LogP contribution is 2.23. The molecular formula is C14H18ClNO2S. The highest BCUT2D eigenvalue weighted by atomic mass is 35.5. The van der Waals surface area contributed by atoms with Gasteiger partial charge in [-0.25, -0.2) is 0 Å². The van der Waals surface area contributed by atoms with Crippen LogP contribution < -0.4 is 0 Å². The van der Waals surface area contributed by atoms with Gasteiger partial charge in [0.05, 0.1) is 30.2 Å². The van der Waals surface area contributed by atoms with E-state index in [1.807, 2.05) is 42.3 Å². The lowest BCUT2D eigenvalue weighted by atomic mass is 10.1. The number of morpholine rings is 1. The lowest BCUT2D eigenvalue weighted by Gasteiger charge is -2.37. The second kappa shape index (κ2) is 6.64. The molecule has 0 aromatic heterocycles. The van der Waals surface area contributed by atoms with Gasteiger partial charge >= 0.3 is 0 Å². The van der Waals surface area contributed by atoms with E-state index in [1.165, 1.54) is 0 Å². The van der Waals surface area contributed by atoms with Crippen molar-refractivity contribution in [2.24, 2.45) is 0 Å². The normalized spacial score (nSPS) is 23.4. The van der Waals surface area contributed by atoms with Gasteiger partial charge in [-0.1, -0.05) is 12.1 Å². The number of rotatable bonds is 3. The van der Waals surface area contributed by atoms with Crippen LogP contribution >= 0.6 is 23.4 Å². The molecule has 1 amide bonds. The zero-order valence-corrected chi connectivity index (χ0v) is 12.7. The summed E-state index contributed by atoms with van der Waals surface area (Å²) in [4.78, 5) is 15.5. The molecule has 2 rings (SSSR count). The molecule has 1 aliphatic rings. The molecule has 2 unspecified atom stereocenters. The van der Waals surface area contributed by atoms with Crippen LogP contribution in [0.1, 0.15) is 17.3 Å². The van der Waals surface area contributed by atoms with Crippen molar-refractivity contribution in [3.63, 3.8) is 0 Å². The summed E-state index contributed by atoms with van der Waals surface area (Å²) in [5.41, 5.74) is 0.761. The molecule has 1 saturated heterocycles. The first-order chi connectivity index (χ1) is 9.17. The molecule has 19 heavy (non-hydrogen) atoms. The molecule has 0 saturated carbocycles. The number of carbonyl (C=O) groups excluding carboxylic acids is 1. The molecule has 3 nitrogen and oxygen atoms in total. The summed E-state index contributed by atoms with van der Waals surface area (Å²) in [6.07, 6.45) is 1.92. The first-order valence-electron chi connectivity index (χ1n) is 6.29. The van der Waals surface area contributed by atoms with Gasteiger partial charge in [-0.05, 0) is 25.3 Å². The van der Waals surface area contributed by atoms with Crippen LogP contribution in [0.15, 0.2) is 29.2 Å². The van der Waals surface area contributed by atoms with E-state index in [0.29, 0.717) is 19.0 Å². The van der Waals surface area contributed by atoms with Crippen LogP contribution in [0.4, 0.5) is 0 Å². The zero-order chi connectivity index (χ0) is 13.8. The minimum Gasteiger partial charge on any atom is -0.373 e. The van der Waals surface area contributed by atoms with E-state index in [1.54, 1.807) is 11.8 Å². The SMILES string of the molecule is CSc1ccccc1C(=O)N1CC(CCl)OCC1C. The Morgan fingerprint density at radius 2 is 2.26 bits per heavy atom. The first kappa shape index (κ1) is 14.7. The van der Waals surface area contributed by atoms with Gasteiger partial charge in [-0.3, -0.25) is 4.79 Å². The quantitative estimate of drug-likeness (QED) is 0.635. The molecule has 0 radical (unpaired) electrons. The van der Waals surface area contributed by atoms with Gasteiger partial charge in [0, 0.05) is 11.4 Å². The van der Waals surface area contributed by atoms with E-state index in [0.717, 1.165) is 10.5 Å². The molecule has 1 aromatic rings. The number of hydrogen-bond acceptors (Lipinski definition) is 3. The topological polar surface area (TPSA) is 29.5 Å². The Hall–Kier alpha value is -0.710. The smallest absolute Gasteiger partial charge is 0.255 e. The molecule has 5 heteroatoms. The number of benzene rings is 1. The molecular weight excluding hydrogens is 282 g/mol. The average Bonchev–Trinajstić information content (AvgIpc) is 2.47. The van der Waals surface area contributed by atoms with Crippen molar-refractivity contribution in [3.8, 4) is 0 Å². The maximum atomic E-state index is 12.7. The van der Waals surface area contributed by atoms with E-state index < -0.39 is 0 Å². The Morgan fingerprint density at radius 3 is 2.95 bits per heavy atom. The number of thioether (sulfide) groups is 1. The monoisotopic (exact) mass is 299 g/mol. The van der Waals surface area contributed by atoms with E-state index in [4.69, 9.17) is 16.3 Å². The molecule has 0 bridgehead atoms. The molecule has 104 valence electrons. The van der Waals surface area contributed by atoms with E-state index in [2.05, 4.69) is 0 Å². The van der Waals surface area contributed by atoms with Crippen molar-refractivity contribution in [3.05, 3.63) is 29.8 Å². The van der Waals surface area contributed by atoms with Crippen LogP contribution in [0.3, 0.4) is 0 Å². The van der Waals surface area contributed by atoms with Crippen molar-refractivity contribution in [1.29, 1.82) is 0 Å². The number of alkyl halides is 1. The van der Waals surface area contributed by atoms with Gasteiger partial charge in [0.25, 0.3) is 5.91 Å². The molecule has 1 aromatic carbocycles. The number of nitrogens with zero attached hydrogens (tertiary/aromatic N) is 1. The fourth-order valence-corrected chi connectivity index (χ4v) is 2.95. The molecule has 0 aliphatic carbocycles. The van der Waals surface area contributed by atoms with Crippen molar-refractivity contribution in [2.75, 3.05) is 25.3 Å². The number of halogens is 1. The Bertz CT molecular complexity index is 455. The summed E-state index contributed by atoms with van der Waals surface area (Å²) < 4.78 is 5.58. The second-order valence-corrected chi connectivity index (χ2v) is 5.77. The lowest BCUT2D eigenvalue weighted by Crippen LogP contribution is -2.51. The third kappa shape index (κ3) is 3.25. The maximum absolute atomic E-state index is 12.7. The lowest BCUT2D eigenvalue weighted by molar-refractivity contribution is -0.0373. The van der Waals surface area contributed by atoms with Gasteiger partial charge < -0.3 is 9.64 Å². The highest BCUT2D eigenvalue weighted by Gasteiger charge is 2.30. The molecule has 0 spiro atoms. The molecule has 1 heterocycles. The molecule has 2 atom stereocenters. The highest BCUT2D eigenvalue weighted by molar-refractivity contribution is 7.98. The summed E-state index contributed by atoms with van der Waals surface area (Å²) in [5.74, 6) is 0.483. The predicted molar refractivity (Wildman–Crippen MR) is 79.2 cm³/mol. The fraction of sp³-hybridized carbons (Fsp3) is 0.500. The van der Waals surface area contributed by atoms with E-state index >= 15 is 0 Å². The van der Waals surface area contributed by atoms with Crippen molar-refractivity contribution < 1.29 is 9.53 Å². The standard InChI is InChI=1S/C14H18ClNO2S/c1-10-9-18-11(7-15)8-16(10)14(17)12-5-3-4-6-13(12)19-2/h3-6,10-11H,7-9H2,1-2H3. The zero-order valence-electron chi connectivity index (χ0n) is 11.1. The first-order valence-corrected chi connectivity index (χ1v) is 8.04. The Labute approximate surface area is 123 Å². The summed E-state index contributed by atoms with van der Waals surface area (Å²) in [5, 5.41) is 0. The Morgan fingerprint density at radius 1 is 1.53 bits per heavy atom. The number of hydrogen-bond donors (Lipinski definition) is 0. The minimum absolute atomic E-state index is 0.0656. The Balaban J connectivity index is 2.22. The largest absolute Gasteiger partial charge is 0.373 e. The van der Waals surface area contributed by atoms with Crippen LogP contribution in [-0.2, 0) is 4.74 Å². The van der Waals surface area contributed by atoms with Gasteiger partial charge in [0.2, 0.25) is 0 Å². The van der Waals surface area contributed by atoms with Crippen molar-refractivity contribution in [1.82, 2.24) is 4.90 Å². The van der Waals surface area contributed by atoms with Gasteiger partial charge in [-0.15, -0.1) is 23.4 Å². The average molecular weight is 300 g/mol. The number of ether oxygens (including phenoxy) is 1. The van der Waals surface area contributed by atoms with Crippen molar-refractivity contribution in [2.45, 2.75) is 24.0 Å². The Kier molecular flexibility index (Phi) is 5.13. The summed E-state index contributed by atoms with van der Waals surface area (Å²) >= 11 is 7.43. The van der Waals surface area contributed by atoms with Crippen LogP contribution in [0.25, 0.3) is 0 Å². The van der Waals surface area contributed by atoms with E-state index in [9.17, 15) is 4.79 Å². The summed E-state index contributed by atoms with van der Waals surface area (Å²) in [6.45, 7) is 3.11. The second-order valence-electron chi connectivity index (χ2n) is 4.62. The van der Waals surface area contributed by atoms with Crippen LogP contribution in [-0.4, -0.2) is 48.2 Å². The molecule has 1 fully saturated rings. The third-order valence-electron chi connectivity index (χ3n) is 3.28. The molecule has 1 aliphatic heterocycles. The predicted octanol–water partition coefficient (Wildman–Crippen LogP) is 2.88.